The van der Waals surface area contributed by atoms with Gasteiger partial charge in [0.2, 0.25) is 5.91 Å². The molecule has 3 aromatic rings. The van der Waals surface area contributed by atoms with Crippen molar-refractivity contribution < 1.29 is 14.6 Å². The number of ether oxygens (including phenoxy) is 1. The van der Waals surface area contributed by atoms with E-state index in [4.69, 9.17) is 16.3 Å². The lowest BCUT2D eigenvalue weighted by Gasteiger charge is -2.22. The van der Waals surface area contributed by atoms with Gasteiger partial charge < -0.3 is 25.5 Å². The molecule has 174 valence electrons. The highest BCUT2D eigenvalue weighted by Gasteiger charge is 2.47. The average Bonchev–Trinajstić information content (AvgIpc) is 3.43. The average molecular weight is 469 g/mol. The quantitative estimate of drug-likeness (QED) is 0.362. The lowest BCUT2D eigenvalue weighted by atomic mass is 9.96. The number of hydrogen-bond acceptors (Lipinski definition) is 5. The van der Waals surface area contributed by atoms with Gasteiger partial charge in [-0.2, -0.15) is 0 Å². The number of hydrogen-bond donors (Lipinski definition) is 4. The summed E-state index contributed by atoms with van der Waals surface area (Å²) in [5, 5.41) is 18.3. The maximum Gasteiger partial charge on any atom is 0.225 e. The van der Waals surface area contributed by atoms with Crippen molar-refractivity contribution in [1.29, 1.82) is 0 Å². The Hall–Kier alpha value is -2.71. The number of benzene rings is 2. The van der Waals surface area contributed by atoms with Gasteiger partial charge in [0.1, 0.15) is 5.82 Å². The molecular formula is C25H29ClN4O3. The maximum absolute atomic E-state index is 12.8. The molecule has 8 heteroatoms. The molecule has 0 saturated heterocycles. The lowest BCUT2D eigenvalue weighted by molar-refractivity contribution is -0.127. The van der Waals surface area contributed by atoms with E-state index in [-0.39, 0.29) is 17.9 Å². The molecule has 1 aromatic heterocycles. The molecule has 1 saturated carbocycles. The molecule has 7 nitrogen and oxygen atoms in total. The van der Waals surface area contributed by atoms with Crippen LogP contribution in [0.1, 0.15) is 23.6 Å². The van der Waals surface area contributed by atoms with Gasteiger partial charge in [-0.15, -0.1) is 0 Å². The monoisotopic (exact) mass is 468 g/mol. The fourth-order valence-electron chi connectivity index (χ4n) is 4.47. The standard InChI is InChI=1S/C25H29ClN4O3/c1-33-11-10-27-25(32)19-13-20(28-14-16-6-5-9-18(26)12-16)22(23(19)31)21-15-29-24(30-21)17-7-3-2-4-8-17/h2-9,12,15,19-20,22-23,28,31H,10-11,13-14H2,1H3,(H,27,32)(H,29,30)/t19-,20+,22+,23+/m0/s1. The number of aliphatic hydroxyl groups excluding tert-OH is 1. The number of carbonyl (C=O) groups is 1. The Balaban J connectivity index is 1.55. The number of H-pyrrole nitrogens is 1. The lowest BCUT2D eigenvalue weighted by Crippen LogP contribution is -2.37. The molecule has 0 radical (unpaired) electrons. The van der Waals surface area contributed by atoms with Crippen LogP contribution >= 0.6 is 11.6 Å². The van der Waals surface area contributed by atoms with Crippen LogP contribution in [0.3, 0.4) is 0 Å². The molecule has 1 heterocycles. The summed E-state index contributed by atoms with van der Waals surface area (Å²) in [6.45, 7) is 1.41. The molecule has 1 aliphatic carbocycles. The van der Waals surface area contributed by atoms with E-state index in [1.807, 2.05) is 54.6 Å². The van der Waals surface area contributed by atoms with Crippen molar-refractivity contribution in [2.45, 2.75) is 31.0 Å². The number of methoxy groups -OCH3 is 1. The zero-order valence-electron chi connectivity index (χ0n) is 18.5. The van der Waals surface area contributed by atoms with E-state index >= 15 is 0 Å². The largest absolute Gasteiger partial charge is 0.392 e. The summed E-state index contributed by atoms with van der Waals surface area (Å²) >= 11 is 6.13. The van der Waals surface area contributed by atoms with Gasteiger partial charge in [0.05, 0.1) is 18.6 Å². The molecule has 0 aliphatic heterocycles. The van der Waals surface area contributed by atoms with Crippen LogP contribution in [0.5, 0.6) is 0 Å². The zero-order chi connectivity index (χ0) is 23.2. The summed E-state index contributed by atoms with van der Waals surface area (Å²) in [7, 11) is 1.59. The van der Waals surface area contributed by atoms with E-state index in [2.05, 4.69) is 20.6 Å². The highest BCUT2D eigenvalue weighted by molar-refractivity contribution is 6.30. The molecule has 1 aliphatic rings. The number of aromatic nitrogens is 2. The highest BCUT2D eigenvalue weighted by Crippen LogP contribution is 2.39. The smallest absolute Gasteiger partial charge is 0.225 e. The fraction of sp³-hybridized carbons (Fsp3) is 0.360. The number of aromatic amines is 1. The van der Waals surface area contributed by atoms with Crippen molar-refractivity contribution >= 4 is 17.5 Å². The number of nitrogens with zero attached hydrogens (tertiary/aromatic N) is 1. The van der Waals surface area contributed by atoms with Gasteiger partial charge in [0.25, 0.3) is 0 Å². The molecule has 4 rings (SSSR count). The number of aliphatic hydroxyl groups is 1. The first kappa shape index (κ1) is 23.4. The van der Waals surface area contributed by atoms with Crippen LogP contribution in [0, 0.1) is 5.92 Å². The normalized spacial score (nSPS) is 22.4. The number of rotatable bonds is 9. The molecule has 0 spiro atoms. The second-order valence-corrected chi connectivity index (χ2v) is 8.75. The molecule has 1 amide bonds. The minimum absolute atomic E-state index is 0.124. The molecular weight excluding hydrogens is 440 g/mol. The minimum Gasteiger partial charge on any atom is -0.392 e. The van der Waals surface area contributed by atoms with Crippen molar-refractivity contribution in [3.8, 4) is 11.4 Å². The van der Waals surface area contributed by atoms with Crippen molar-refractivity contribution in [2.24, 2.45) is 5.92 Å². The SMILES string of the molecule is COCCNC(=O)[C@H]1C[C@@H](NCc2cccc(Cl)c2)[C@H](c2cnc(-c3ccccc3)[nH]2)[C@@H]1O. The molecule has 0 bridgehead atoms. The Morgan fingerprint density at radius 1 is 1.24 bits per heavy atom. The van der Waals surface area contributed by atoms with Crippen LogP contribution in [0.2, 0.25) is 5.02 Å². The Morgan fingerprint density at radius 3 is 2.82 bits per heavy atom. The van der Waals surface area contributed by atoms with Crippen molar-refractivity contribution in [3.05, 3.63) is 77.1 Å². The van der Waals surface area contributed by atoms with Crippen molar-refractivity contribution in [2.75, 3.05) is 20.3 Å². The number of imidazole rings is 1. The minimum atomic E-state index is -0.853. The zero-order valence-corrected chi connectivity index (χ0v) is 19.3. The Bertz CT molecular complexity index is 1060. The summed E-state index contributed by atoms with van der Waals surface area (Å²) in [4.78, 5) is 20.7. The maximum atomic E-state index is 12.8. The summed E-state index contributed by atoms with van der Waals surface area (Å²) < 4.78 is 5.02. The Morgan fingerprint density at radius 2 is 2.06 bits per heavy atom. The van der Waals surface area contributed by atoms with Gasteiger partial charge in [0.15, 0.2) is 0 Å². The molecule has 2 aromatic carbocycles. The van der Waals surface area contributed by atoms with E-state index in [0.717, 1.165) is 22.6 Å². The third-order valence-corrected chi connectivity index (χ3v) is 6.36. The summed E-state index contributed by atoms with van der Waals surface area (Å²) in [6.07, 6.45) is 1.41. The topological polar surface area (TPSA) is 99.3 Å². The van der Waals surface area contributed by atoms with Gasteiger partial charge in [-0.3, -0.25) is 4.79 Å². The van der Waals surface area contributed by atoms with E-state index in [1.165, 1.54) is 0 Å². The van der Waals surface area contributed by atoms with E-state index in [1.54, 1.807) is 13.3 Å². The van der Waals surface area contributed by atoms with E-state index < -0.39 is 12.0 Å². The van der Waals surface area contributed by atoms with Crippen LogP contribution < -0.4 is 10.6 Å². The molecule has 0 unspecified atom stereocenters. The van der Waals surface area contributed by atoms with Crippen molar-refractivity contribution in [1.82, 2.24) is 20.6 Å². The number of amides is 1. The second kappa shape index (κ2) is 10.9. The number of halogens is 1. The number of nitrogens with one attached hydrogen (secondary N) is 3. The predicted octanol–water partition coefficient (Wildman–Crippen LogP) is 3.12. The first-order valence-electron chi connectivity index (χ1n) is 11.1. The van der Waals surface area contributed by atoms with Crippen LogP contribution in [0.4, 0.5) is 0 Å². The number of carbonyl (C=O) groups excluding carboxylic acids is 1. The third-order valence-electron chi connectivity index (χ3n) is 6.12. The molecule has 4 N–H and O–H groups in total. The van der Waals surface area contributed by atoms with Crippen molar-refractivity contribution in [3.63, 3.8) is 0 Å². The van der Waals surface area contributed by atoms with Crippen LogP contribution in [0.15, 0.2) is 60.8 Å². The van der Waals surface area contributed by atoms with Crippen LogP contribution in [0.25, 0.3) is 11.4 Å². The van der Waals surface area contributed by atoms with Gasteiger partial charge >= 0.3 is 0 Å². The first-order chi connectivity index (χ1) is 16.1. The highest BCUT2D eigenvalue weighted by atomic mass is 35.5. The second-order valence-electron chi connectivity index (χ2n) is 8.31. The Kier molecular flexibility index (Phi) is 7.77. The van der Waals surface area contributed by atoms with Gasteiger partial charge in [-0.25, -0.2) is 4.98 Å². The molecule has 33 heavy (non-hydrogen) atoms. The predicted molar refractivity (Wildman–Crippen MR) is 128 cm³/mol. The van der Waals surface area contributed by atoms with Crippen LogP contribution in [-0.4, -0.2) is 53.4 Å². The summed E-state index contributed by atoms with van der Waals surface area (Å²) in [5.74, 6) is -0.279. The Labute approximate surface area is 198 Å². The van der Waals surface area contributed by atoms with Gasteiger partial charge in [0, 0.05) is 54.6 Å². The first-order valence-corrected chi connectivity index (χ1v) is 11.5. The van der Waals surface area contributed by atoms with E-state index in [0.29, 0.717) is 31.1 Å². The van der Waals surface area contributed by atoms with Gasteiger partial charge in [-0.05, 0) is 24.1 Å². The fourth-order valence-corrected chi connectivity index (χ4v) is 4.68. The third kappa shape index (κ3) is 5.62. The summed E-state index contributed by atoms with van der Waals surface area (Å²) in [6, 6.07) is 17.4. The van der Waals surface area contributed by atoms with Gasteiger partial charge in [-0.1, -0.05) is 54.1 Å². The van der Waals surface area contributed by atoms with Crippen LogP contribution in [-0.2, 0) is 16.1 Å². The summed E-state index contributed by atoms with van der Waals surface area (Å²) in [5.41, 5.74) is 2.81. The van der Waals surface area contributed by atoms with E-state index in [9.17, 15) is 9.90 Å². The molecule has 4 atom stereocenters. The molecule has 1 fully saturated rings.